The van der Waals surface area contributed by atoms with Gasteiger partial charge in [-0.25, -0.2) is 5.84 Å². The van der Waals surface area contributed by atoms with Gasteiger partial charge in [0.15, 0.2) is 11.5 Å². The molecule has 19 heavy (non-hydrogen) atoms. The number of nitrogens with zero attached hydrogens (tertiary/aromatic N) is 3. The summed E-state index contributed by atoms with van der Waals surface area (Å²) in [5.41, 5.74) is 2.63. The molecular weight excluding hydrogens is 250 g/mol. The van der Waals surface area contributed by atoms with Crippen molar-refractivity contribution in [1.29, 1.82) is 0 Å². The Morgan fingerprint density at radius 3 is 2.37 bits per heavy atom. The Morgan fingerprint density at radius 2 is 1.95 bits per heavy atom. The summed E-state index contributed by atoms with van der Waals surface area (Å²) in [6.07, 6.45) is -0.237. The van der Waals surface area contributed by atoms with Gasteiger partial charge in [-0.1, -0.05) is 0 Å². The Morgan fingerprint density at radius 1 is 1.32 bits per heavy atom. The van der Waals surface area contributed by atoms with Gasteiger partial charge in [0.05, 0.1) is 0 Å². The fraction of sp³-hybridized carbons (Fsp3) is 0.545. The maximum absolute atomic E-state index is 12.2. The minimum Gasteiger partial charge on any atom is -0.377 e. The fourth-order valence-corrected chi connectivity index (χ4v) is 2.05. The molecule has 0 aromatic carbocycles. The summed E-state index contributed by atoms with van der Waals surface area (Å²) in [4.78, 5) is 13.9. The molecule has 1 saturated heterocycles. The normalized spacial score (nSPS) is 22.6. The quantitative estimate of drug-likeness (QED) is 0.546. The molecule has 0 bridgehead atoms. The van der Waals surface area contributed by atoms with Crippen LogP contribution in [0.1, 0.15) is 10.5 Å². The Bertz CT molecular complexity index is 426. The first-order chi connectivity index (χ1) is 9.19. The maximum atomic E-state index is 12.2. The number of hydrogen-bond donors (Lipinski definition) is 2. The maximum Gasteiger partial charge on any atom is 0.274 e. The summed E-state index contributed by atoms with van der Waals surface area (Å²) in [6.45, 7) is 0.957. The molecule has 2 unspecified atom stereocenters. The second kappa shape index (κ2) is 5.91. The van der Waals surface area contributed by atoms with Crippen LogP contribution in [0.25, 0.3) is 0 Å². The highest BCUT2D eigenvalue weighted by atomic mass is 16.5. The van der Waals surface area contributed by atoms with Crippen molar-refractivity contribution in [3.8, 4) is 0 Å². The highest BCUT2D eigenvalue weighted by molar-refractivity contribution is 5.92. The Kier molecular flexibility index (Phi) is 4.25. The van der Waals surface area contributed by atoms with Crippen molar-refractivity contribution in [3.63, 3.8) is 0 Å². The number of methoxy groups -OCH3 is 2. The third kappa shape index (κ3) is 2.80. The number of amides is 1. The lowest BCUT2D eigenvalue weighted by Crippen LogP contribution is -2.31. The molecular formula is C11H17N5O3. The highest BCUT2D eigenvalue weighted by Crippen LogP contribution is 2.17. The van der Waals surface area contributed by atoms with E-state index in [4.69, 9.17) is 15.3 Å². The zero-order chi connectivity index (χ0) is 13.8. The molecule has 1 aromatic rings. The van der Waals surface area contributed by atoms with Gasteiger partial charge in [0.25, 0.3) is 5.91 Å². The van der Waals surface area contributed by atoms with Gasteiger partial charge < -0.3 is 19.8 Å². The van der Waals surface area contributed by atoms with Crippen molar-refractivity contribution >= 4 is 11.7 Å². The molecule has 8 nitrogen and oxygen atoms in total. The first-order valence-electron chi connectivity index (χ1n) is 5.84. The molecule has 104 valence electrons. The number of nitrogens with two attached hydrogens (primary N) is 1. The monoisotopic (exact) mass is 267 g/mol. The molecule has 0 radical (unpaired) electrons. The molecule has 8 heteroatoms. The van der Waals surface area contributed by atoms with E-state index in [1.54, 1.807) is 31.3 Å². The third-order valence-electron chi connectivity index (χ3n) is 3.14. The number of rotatable bonds is 4. The summed E-state index contributed by atoms with van der Waals surface area (Å²) < 4.78 is 10.6. The predicted octanol–water partition coefficient (Wildman–Crippen LogP) is -0.752. The fourth-order valence-electron chi connectivity index (χ4n) is 2.05. The number of hydrogen-bond acceptors (Lipinski definition) is 7. The lowest BCUT2D eigenvalue weighted by atomic mass is 10.3. The highest BCUT2D eigenvalue weighted by Gasteiger charge is 2.36. The van der Waals surface area contributed by atoms with Crippen LogP contribution in [-0.2, 0) is 9.47 Å². The Labute approximate surface area is 110 Å². The topological polar surface area (TPSA) is 103 Å². The number of nitrogen functional groups attached to an aromatic ring is 1. The van der Waals surface area contributed by atoms with E-state index in [-0.39, 0.29) is 23.8 Å². The van der Waals surface area contributed by atoms with Crippen LogP contribution in [0.2, 0.25) is 0 Å². The third-order valence-corrected chi connectivity index (χ3v) is 3.14. The SMILES string of the molecule is COC1CN(C(=O)c2ccc(NN)nn2)CC1OC. The number of carbonyl (C=O) groups excluding carboxylic acids is 1. The van der Waals surface area contributed by atoms with Gasteiger partial charge in [-0.05, 0) is 12.1 Å². The van der Waals surface area contributed by atoms with E-state index >= 15 is 0 Å². The molecule has 1 fully saturated rings. The van der Waals surface area contributed by atoms with E-state index < -0.39 is 0 Å². The largest absolute Gasteiger partial charge is 0.377 e. The van der Waals surface area contributed by atoms with E-state index in [2.05, 4.69) is 15.6 Å². The Hall–Kier alpha value is -1.77. The van der Waals surface area contributed by atoms with E-state index in [9.17, 15) is 4.79 Å². The van der Waals surface area contributed by atoms with Gasteiger partial charge in [0.2, 0.25) is 0 Å². The lowest BCUT2D eigenvalue weighted by Gasteiger charge is -2.14. The molecule has 2 heterocycles. The molecule has 2 atom stereocenters. The van der Waals surface area contributed by atoms with Crippen LogP contribution >= 0.6 is 0 Å². The number of ether oxygens (including phenoxy) is 2. The number of carbonyl (C=O) groups is 1. The molecule has 2 rings (SSSR count). The Balaban J connectivity index is 2.07. The zero-order valence-electron chi connectivity index (χ0n) is 10.9. The van der Waals surface area contributed by atoms with Crippen molar-refractivity contribution in [1.82, 2.24) is 15.1 Å². The molecule has 1 aromatic heterocycles. The van der Waals surface area contributed by atoms with E-state index in [0.717, 1.165) is 0 Å². The number of aromatic nitrogens is 2. The van der Waals surface area contributed by atoms with Crippen molar-refractivity contribution < 1.29 is 14.3 Å². The van der Waals surface area contributed by atoms with Crippen LogP contribution in [0.4, 0.5) is 5.82 Å². The van der Waals surface area contributed by atoms with E-state index in [1.165, 1.54) is 0 Å². The zero-order valence-corrected chi connectivity index (χ0v) is 10.9. The van der Waals surface area contributed by atoms with E-state index in [1.807, 2.05) is 0 Å². The number of hydrazine groups is 1. The lowest BCUT2D eigenvalue weighted by molar-refractivity contribution is -0.00461. The van der Waals surface area contributed by atoms with Crippen molar-refractivity contribution in [2.75, 3.05) is 32.7 Å². The van der Waals surface area contributed by atoms with Crippen LogP contribution in [0.15, 0.2) is 12.1 Å². The van der Waals surface area contributed by atoms with Crippen LogP contribution in [-0.4, -0.2) is 60.5 Å². The number of anilines is 1. The minimum atomic E-state index is -0.197. The predicted molar refractivity (Wildman–Crippen MR) is 67.3 cm³/mol. The molecule has 1 aliphatic heterocycles. The molecule has 0 aliphatic carbocycles. The number of likely N-dealkylation sites (tertiary alicyclic amines) is 1. The van der Waals surface area contributed by atoms with Gasteiger partial charge in [-0.2, -0.15) is 0 Å². The first-order valence-corrected chi connectivity index (χ1v) is 5.84. The minimum absolute atomic E-state index is 0.119. The first kappa shape index (κ1) is 13.7. The van der Waals surface area contributed by atoms with Crippen molar-refractivity contribution in [3.05, 3.63) is 17.8 Å². The summed E-state index contributed by atoms with van der Waals surface area (Å²) in [6, 6.07) is 3.17. The van der Waals surface area contributed by atoms with Crippen molar-refractivity contribution in [2.45, 2.75) is 12.2 Å². The van der Waals surface area contributed by atoms with Crippen molar-refractivity contribution in [2.24, 2.45) is 5.84 Å². The van der Waals surface area contributed by atoms with Gasteiger partial charge in [0, 0.05) is 27.3 Å². The van der Waals surface area contributed by atoms with Crippen LogP contribution in [0.5, 0.6) is 0 Å². The molecule has 1 amide bonds. The van der Waals surface area contributed by atoms with Crippen LogP contribution < -0.4 is 11.3 Å². The van der Waals surface area contributed by atoms with Crippen LogP contribution in [0, 0.1) is 0 Å². The van der Waals surface area contributed by atoms with Gasteiger partial charge >= 0.3 is 0 Å². The van der Waals surface area contributed by atoms with E-state index in [0.29, 0.717) is 18.9 Å². The van der Waals surface area contributed by atoms with Gasteiger partial charge in [0.1, 0.15) is 12.2 Å². The summed E-state index contributed by atoms with van der Waals surface area (Å²) in [7, 11) is 3.21. The second-order valence-electron chi connectivity index (χ2n) is 4.21. The summed E-state index contributed by atoms with van der Waals surface area (Å²) in [5.74, 6) is 5.40. The standard InChI is InChI=1S/C11H17N5O3/c1-18-8-5-16(6-9(8)19-2)11(17)7-3-4-10(13-12)15-14-7/h3-4,8-9H,5-6,12H2,1-2H3,(H,13,15). The van der Waals surface area contributed by atoms with Gasteiger partial charge in [-0.15, -0.1) is 10.2 Å². The smallest absolute Gasteiger partial charge is 0.274 e. The van der Waals surface area contributed by atoms with Gasteiger partial charge in [-0.3, -0.25) is 4.79 Å². The average molecular weight is 267 g/mol. The molecule has 1 aliphatic rings. The molecule has 0 saturated carbocycles. The molecule has 3 N–H and O–H groups in total. The summed E-state index contributed by atoms with van der Waals surface area (Å²) >= 11 is 0. The second-order valence-corrected chi connectivity index (χ2v) is 4.21. The number of nitrogens with one attached hydrogen (secondary N) is 1. The average Bonchev–Trinajstić information content (AvgIpc) is 2.89. The summed E-state index contributed by atoms with van der Waals surface area (Å²) in [5, 5.41) is 7.60. The molecule has 0 spiro atoms. The van der Waals surface area contributed by atoms with Crippen LogP contribution in [0.3, 0.4) is 0 Å².